The highest BCUT2D eigenvalue weighted by Gasteiger charge is 2.42. The van der Waals surface area contributed by atoms with Crippen LogP contribution in [0.15, 0.2) is 5.10 Å². The van der Waals surface area contributed by atoms with Crippen LogP contribution in [0, 0.1) is 17.8 Å². The van der Waals surface area contributed by atoms with Gasteiger partial charge in [-0.25, -0.2) is 10.2 Å². The fourth-order valence-corrected chi connectivity index (χ4v) is 2.67. The van der Waals surface area contributed by atoms with Gasteiger partial charge >= 0.3 is 6.03 Å². The van der Waals surface area contributed by atoms with Crippen molar-refractivity contribution in [2.45, 2.75) is 26.2 Å². The number of hydrogen-bond donors (Lipinski definition) is 2. The highest BCUT2D eigenvalue weighted by atomic mass is 16.2. The van der Waals surface area contributed by atoms with E-state index in [4.69, 9.17) is 5.73 Å². The number of urea groups is 1. The first kappa shape index (κ1) is 8.53. The topological polar surface area (TPSA) is 67.5 Å². The lowest BCUT2D eigenvalue weighted by atomic mass is 9.89. The van der Waals surface area contributed by atoms with Crippen LogP contribution in [0.3, 0.4) is 0 Å². The number of nitrogens with zero attached hydrogens (tertiary/aromatic N) is 1. The normalized spacial score (nSPS) is 39.8. The van der Waals surface area contributed by atoms with Crippen molar-refractivity contribution in [3.05, 3.63) is 0 Å². The molecule has 13 heavy (non-hydrogen) atoms. The Morgan fingerprint density at radius 2 is 2.38 bits per heavy atom. The summed E-state index contributed by atoms with van der Waals surface area (Å²) in [5.41, 5.74) is 8.43. The van der Waals surface area contributed by atoms with E-state index in [0.717, 1.165) is 11.6 Å². The molecule has 0 aromatic heterocycles. The van der Waals surface area contributed by atoms with Crippen molar-refractivity contribution in [2.75, 3.05) is 0 Å². The monoisotopic (exact) mass is 181 g/mol. The van der Waals surface area contributed by atoms with Crippen LogP contribution in [0.2, 0.25) is 0 Å². The first-order valence-corrected chi connectivity index (χ1v) is 4.81. The number of hydrazone groups is 1. The summed E-state index contributed by atoms with van der Waals surface area (Å²) in [7, 11) is 0. The number of nitrogens with one attached hydrogen (secondary N) is 1. The zero-order valence-corrected chi connectivity index (χ0v) is 7.79. The number of carbonyl (C=O) groups excluding carboxylic acids is 1. The molecule has 2 fully saturated rings. The Morgan fingerprint density at radius 3 is 2.92 bits per heavy atom. The molecule has 4 nitrogen and oxygen atoms in total. The van der Waals surface area contributed by atoms with Crippen LogP contribution in [0.5, 0.6) is 0 Å². The summed E-state index contributed by atoms with van der Waals surface area (Å²) in [5, 5.41) is 4.08. The van der Waals surface area contributed by atoms with Crippen LogP contribution < -0.4 is 11.2 Å². The molecule has 0 radical (unpaired) electrons. The van der Waals surface area contributed by atoms with Crippen molar-refractivity contribution < 1.29 is 4.79 Å². The van der Waals surface area contributed by atoms with Crippen LogP contribution in [0.4, 0.5) is 4.79 Å². The lowest BCUT2D eigenvalue weighted by Crippen LogP contribution is -2.29. The summed E-state index contributed by atoms with van der Waals surface area (Å²) >= 11 is 0. The predicted molar refractivity (Wildman–Crippen MR) is 50.1 cm³/mol. The Hall–Kier alpha value is -1.06. The number of primary amides is 1. The van der Waals surface area contributed by atoms with E-state index < -0.39 is 6.03 Å². The fraction of sp³-hybridized carbons (Fsp3) is 0.778. The van der Waals surface area contributed by atoms with Gasteiger partial charge in [-0.1, -0.05) is 6.92 Å². The molecule has 4 heteroatoms. The predicted octanol–water partition coefficient (Wildman–Crippen LogP) is 1.08. The molecule has 2 bridgehead atoms. The van der Waals surface area contributed by atoms with Gasteiger partial charge in [-0.15, -0.1) is 0 Å². The highest BCUT2D eigenvalue weighted by Crippen LogP contribution is 2.46. The number of carbonyl (C=O) groups is 1. The van der Waals surface area contributed by atoms with Gasteiger partial charge in [-0.05, 0) is 37.0 Å². The maximum absolute atomic E-state index is 10.5. The molecule has 2 rings (SSSR count). The molecule has 3 N–H and O–H groups in total. The average molecular weight is 181 g/mol. The van der Waals surface area contributed by atoms with E-state index >= 15 is 0 Å². The molecule has 0 saturated heterocycles. The third-order valence-corrected chi connectivity index (χ3v) is 3.36. The third-order valence-electron chi connectivity index (χ3n) is 3.36. The highest BCUT2D eigenvalue weighted by molar-refractivity contribution is 5.92. The molecule has 2 aliphatic rings. The van der Waals surface area contributed by atoms with Crippen LogP contribution >= 0.6 is 0 Å². The Balaban J connectivity index is 2.07. The van der Waals surface area contributed by atoms with E-state index in [1.54, 1.807) is 0 Å². The van der Waals surface area contributed by atoms with E-state index in [9.17, 15) is 4.79 Å². The van der Waals surface area contributed by atoms with E-state index in [2.05, 4.69) is 17.5 Å². The lowest BCUT2D eigenvalue weighted by Gasteiger charge is -2.18. The molecule has 0 aromatic carbocycles. The molecular weight excluding hydrogens is 166 g/mol. The quantitative estimate of drug-likeness (QED) is 0.584. The first-order chi connectivity index (χ1) is 6.18. The Kier molecular flexibility index (Phi) is 1.98. The van der Waals surface area contributed by atoms with Crippen molar-refractivity contribution in [1.29, 1.82) is 0 Å². The standard InChI is InChI=1S/C9H15N3O/c1-5-6-2-3-7(4-6)8(5)11-12-9(10)13/h5-7H,2-4H2,1H3,(H3,10,12,13)/b11-8+/t5-,6+,7-/m1/s1. The second kappa shape index (κ2) is 3.01. The number of fused-ring (bicyclic) bond motifs is 2. The van der Waals surface area contributed by atoms with Gasteiger partial charge in [0.1, 0.15) is 0 Å². The van der Waals surface area contributed by atoms with Gasteiger partial charge in [-0.3, -0.25) is 0 Å². The molecule has 2 saturated carbocycles. The minimum absolute atomic E-state index is 0.533. The Bertz CT molecular complexity index is 258. The molecular formula is C9H15N3O. The minimum Gasteiger partial charge on any atom is -0.350 e. The molecule has 2 aliphatic carbocycles. The first-order valence-electron chi connectivity index (χ1n) is 4.81. The Morgan fingerprint density at radius 1 is 1.62 bits per heavy atom. The van der Waals surface area contributed by atoms with E-state index in [1.807, 2.05) is 0 Å². The zero-order valence-electron chi connectivity index (χ0n) is 7.79. The summed E-state index contributed by atoms with van der Waals surface area (Å²) in [4.78, 5) is 10.5. The number of rotatable bonds is 1. The fourth-order valence-electron chi connectivity index (χ4n) is 2.67. The van der Waals surface area contributed by atoms with Gasteiger partial charge < -0.3 is 5.73 Å². The average Bonchev–Trinajstić information content (AvgIpc) is 2.61. The van der Waals surface area contributed by atoms with E-state index in [-0.39, 0.29) is 0 Å². The molecule has 0 spiro atoms. The maximum atomic E-state index is 10.5. The lowest BCUT2D eigenvalue weighted by molar-refractivity contribution is 0.249. The molecule has 0 unspecified atom stereocenters. The van der Waals surface area contributed by atoms with Gasteiger partial charge in [-0.2, -0.15) is 5.10 Å². The van der Waals surface area contributed by atoms with Crippen LogP contribution in [0.1, 0.15) is 26.2 Å². The van der Waals surface area contributed by atoms with Crippen LogP contribution in [-0.2, 0) is 0 Å². The maximum Gasteiger partial charge on any atom is 0.332 e. The van der Waals surface area contributed by atoms with Crippen molar-refractivity contribution >= 4 is 11.7 Å². The molecule has 72 valence electrons. The number of nitrogens with two attached hydrogens (primary N) is 1. The van der Waals surface area contributed by atoms with Gasteiger partial charge in [0, 0.05) is 5.71 Å². The van der Waals surface area contributed by atoms with Crippen molar-refractivity contribution in [3.8, 4) is 0 Å². The van der Waals surface area contributed by atoms with Crippen molar-refractivity contribution in [2.24, 2.45) is 28.6 Å². The summed E-state index contributed by atoms with van der Waals surface area (Å²) in [6.45, 7) is 2.19. The Labute approximate surface area is 77.6 Å². The molecule has 0 aromatic rings. The summed E-state index contributed by atoms with van der Waals surface area (Å²) in [6.07, 6.45) is 3.80. The van der Waals surface area contributed by atoms with Gasteiger partial charge in [0.2, 0.25) is 0 Å². The zero-order chi connectivity index (χ0) is 9.42. The summed E-state index contributed by atoms with van der Waals surface area (Å²) in [5.74, 6) is 1.93. The van der Waals surface area contributed by atoms with Gasteiger partial charge in [0.25, 0.3) is 0 Å². The molecule has 2 amide bonds. The molecule has 0 aliphatic heterocycles. The summed E-state index contributed by atoms with van der Waals surface area (Å²) in [6, 6.07) is -0.567. The SMILES string of the molecule is C[C@H]1/C(=N\NC(N)=O)[C@@H]2CC[C@H]1C2. The van der Waals surface area contributed by atoms with E-state index in [1.165, 1.54) is 19.3 Å². The molecule has 0 heterocycles. The van der Waals surface area contributed by atoms with Crippen molar-refractivity contribution in [3.63, 3.8) is 0 Å². The minimum atomic E-state index is -0.567. The summed E-state index contributed by atoms with van der Waals surface area (Å²) < 4.78 is 0. The van der Waals surface area contributed by atoms with Crippen LogP contribution in [-0.4, -0.2) is 11.7 Å². The number of amides is 2. The van der Waals surface area contributed by atoms with Crippen LogP contribution in [0.25, 0.3) is 0 Å². The third kappa shape index (κ3) is 1.41. The van der Waals surface area contributed by atoms with Crippen molar-refractivity contribution in [1.82, 2.24) is 5.43 Å². The van der Waals surface area contributed by atoms with Gasteiger partial charge in [0.05, 0.1) is 0 Å². The van der Waals surface area contributed by atoms with E-state index in [0.29, 0.717) is 11.8 Å². The van der Waals surface area contributed by atoms with Gasteiger partial charge in [0.15, 0.2) is 0 Å². The largest absolute Gasteiger partial charge is 0.350 e. The smallest absolute Gasteiger partial charge is 0.332 e. The second-order valence-electron chi connectivity index (χ2n) is 4.07. The molecule has 3 atom stereocenters. The second-order valence-corrected chi connectivity index (χ2v) is 4.07. The number of hydrogen-bond acceptors (Lipinski definition) is 2.